The SMILES string of the molecule is CCNC(=NCC1(CO)CC1)NCC(CO)c1ccccc1.I. The van der Waals surface area contributed by atoms with Crippen molar-refractivity contribution in [3.05, 3.63) is 35.9 Å². The predicted molar refractivity (Wildman–Crippen MR) is 104 cm³/mol. The Kier molecular flexibility index (Phi) is 8.86. The van der Waals surface area contributed by atoms with Crippen LogP contribution in [-0.4, -0.2) is 49.0 Å². The van der Waals surface area contributed by atoms with Gasteiger partial charge in [-0.2, -0.15) is 0 Å². The van der Waals surface area contributed by atoms with Crippen LogP contribution in [0, 0.1) is 5.41 Å². The van der Waals surface area contributed by atoms with Crippen molar-refractivity contribution in [2.75, 3.05) is 32.8 Å². The van der Waals surface area contributed by atoms with Crippen molar-refractivity contribution in [1.82, 2.24) is 10.6 Å². The van der Waals surface area contributed by atoms with Crippen LogP contribution >= 0.6 is 24.0 Å². The molecule has 0 aliphatic heterocycles. The van der Waals surface area contributed by atoms with Gasteiger partial charge in [-0.05, 0) is 25.3 Å². The number of benzene rings is 1. The molecule has 0 amide bonds. The molecule has 4 N–H and O–H groups in total. The van der Waals surface area contributed by atoms with Crippen LogP contribution in [0.4, 0.5) is 0 Å². The monoisotopic (exact) mass is 433 g/mol. The predicted octanol–water partition coefficient (Wildman–Crippen LogP) is 1.71. The number of hydrogen-bond acceptors (Lipinski definition) is 3. The van der Waals surface area contributed by atoms with Gasteiger partial charge in [0.1, 0.15) is 0 Å². The zero-order valence-corrected chi connectivity index (χ0v) is 16.0. The van der Waals surface area contributed by atoms with Gasteiger partial charge in [-0.25, -0.2) is 0 Å². The number of guanidine groups is 1. The van der Waals surface area contributed by atoms with Gasteiger partial charge in [0, 0.05) is 24.4 Å². The maximum absolute atomic E-state index is 9.60. The standard InChI is InChI=1S/C17H27N3O2.HI/c1-2-18-16(20-12-17(13-22)8-9-17)19-10-15(11-21)14-6-4-3-5-7-14;/h3-7,15,21-22H,2,8-13H2,1H3,(H2,18,19,20);1H. The minimum absolute atomic E-state index is 0. The quantitative estimate of drug-likeness (QED) is 0.286. The molecule has 0 saturated heterocycles. The van der Waals surface area contributed by atoms with E-state index in [4.69, 9.17) is 0 Å². The lowest BCUT2D eigenvalue weighted by atomic mass is 10.0. The van der Waals surface area contributed by atoms with E-state index >= 15 is 0 Å². The third-order valence-corrected chi connectivity index (χ3v) is 4.22. The summed E-state index contributed by atoms with van der Waals surface area (Å²) in [7, 11) is 0. The van der Waals surface area contributed by atoms with E-state index in [0.717, 1.165) is 30.9 Å². The van der Waals surface area contributed by atoms with Crippen LogP contribution in [0.1, 0.15) is 31.2 Å². The van der Waals surface area contributed by atoms with Gasteiger partial charge in [-0.3, -0.25) is 4.99 Å². The molecule has 1 aliphatic carbocycles. The smallest absolute Gasteiger partial charge is 0.191 e. The molecule has 0 radical (unpaired) electrons. The lowest BCUT2D eigenvalue weighted by Crippen LogP contribution is -2.40. The molecule has 1 aromatic rings. The fourth-order valence-electron chi connectivity index (χ4n) is 2.36. The maximum Gasteiger partial charge on any atom is 0.191 e. The average Bonchev–Trinajstić information content (AvgIpc) is 3.34. The number of halogens is 1. The van der Waals surface area contributed by atoms with E-state index in [1.807, 2.05) is 37.3 Å². The van der Waals surface area contributed by atoms with Gasteiger partial charge in [-0.1, -0.05) is 30.3 Å². The van der Waals surface area contributed by atoms with Crippen LogP contribution in [0.25, 0.3) is 0 Å². The third-order valence-electron chi connectivity index (χ3n) is 4.22. The molecule has 1 aromatic carbocycles. The van der Waals surface area contributed by atoms with E-state index < -0.39 is 0 Å². The van der Waals surface area contributed by atoms with Crippen molar-refractivity contribution in [2.45, 2.75) is 25.7 Å². The third kappa shape index (κ3) is 6.27. The van der Waals surface area contributed by atoms with E-state index in [0.29, 0.717) is 13.1 Å². The minimum atomic E-state index is 0. The Morgan fingerprint density at radius 2 is 1.91 bits per heavy atom. The topological polar surface area (TPSA) is 76.9 Å². The molecule has 0 spiro atoms. The van der Waals surface area contributed by atoms with Gasteiger partial charge in [0.15, 0.2) is 5.96 Å². The molecule has 0 aromatic heterocycles. The van der Waals surface area contributed by atoms with Crippen molar-refractivity contribution in [2.24, 2.45) is 10.4 Å². The van der Waals surface area contributed by atoms with E-state index in [-0.39, 0.29) is 48.5 Å². The highest BCUT2D eigenvalue weighted by Gasteiger charge is 2.41. The molecular weight excluding hydrogens is 405 g/mol. The molecule has 2 rings (SSSR count). The number of nitrogens with one attached hydrogen (secondary N) is 2. The molecule has 1 unspecified atom stereocenters. The van der Waals surface area contributed by atoms with Gasteiger partial charge >= 0.3 is 0 Å². The van der Waals surface area contributed by atoms with Crippen LogP contribution in [0.2, 0.25) is 0 Å². The molecule has 1 fully saturated rings. The number of hydrogen-bond donors (Lipinski definition) is 4. The highest BCUT2D eigenvalue weighted by molar-refractivity contribution is 14.0. The van der Waals surface area contributed by atoms with Crippen LogP contribution < -0.4 is 10.6 Å². The summed E-state index contributed by atoms with van der Waals surface area (Å²) in [5.74, 6) is 0.786. The van der Waals surface area contributed by atoms with Crippen LogP contribution in [0.15, 0.2) is 35.3 Å². The van der Waals surface area contributed by atoms with E-state index in [9.17, 15) is 10.2 Å². The number of aliphatic hydroxyl groups excluding tert-OH is 2. The Hall–Kier alpha value is -0.860. The van der Waals surface area contributed by atoms with Crippen molar-refractivity contribution in [3.63, 3.8) is 0 Å². The molecule has 130 valence electrons. The Bertz CT molecular complexity index is 478. The zero-order chi connectivity index (χ0) is 15.8. The summed E-state index contributed by atoms with van der Waals surface area (Å²) in [5, 5.41) is 25.5. The summed E-state index contributed by atoms with van der Waals surface area (Å²) in [6.45, 7) is 4.38. The molecule has 23 heavy (non-hydrogen) atoms. The molecule has 1 atom stereocenters. The van der Waals surface area contributed by atoms with Gasteiger partial charge in [0.05, 0.1) is 19.8 Å². The van der Waals surface area contributed by atoms with E-state index in [1.165, 1.54) is 0 Å². The summed E-state index contributed by atoms with van der Waals surface area (Å²) in [5.41, 5.74) is 1.13. The van der Waals surface area contributed by atoms with Crippen LogP contribution in [0.3, 0.4) is 0 Å². The Labute approximate surface area is 155 Å². The van der Waals surface area contributed by atoms with Crippen molar-refractivity contribution < 1.29 is 10.2 Å². The fourth-order valence-corrected chi connectivity index (χ4v) is 2.36. The second-order valence-corrected chi connectivity index (χ2v) is 6.02. The first kappa shape index (κ1) is 20.2. The normalized spacial score (nSPS) is 17.1. The van der Waals surface area contributed by atoms with Gasteiger partial charge < -0.3 is 20.8 Å². The van der Waals surface area contributed by atoms with Crippen molar-refractivity contribution in [1.29, 1.82) is 0 Å². The largest absolute Gasteiger partial charge is 0.396 e. The van der Waals surface area contributed by atoms with Crippen molar-refractivity contribution in [3.8, 4) is 0 Å². The Morgan fingerprint density at radius 1 is 1.22 bits per heavy atom. The summed E-state index contributed by atoms with van der Waals surface area (Å²) < 4.78 is 0. The highest BCUT2D eigenvalue weighted by Crippen LogP contribution is 2.45. The molecule has 0 heterocycles. The van der Waals surface area contributed by atoms with E-state index in [2.05, 4.69) is 15.6 Å². The summed E-state index contributed by atoms with van der Waals surface area (Å²) in [6.07, 6.45) is 2.10. The maximum atomic E-state index is 9.60. The second-order valence-electron chi connectivity index (χ2n) is 6.02. The lowest BCUT2D eigenvalue weighted by Gasteiger charge is -2.18. The zero-order valence-electron chi connectivity index (χ0n) is 13.7. The Morgan fingerprint density at radius 3 is 2.43 bits per heavy atom. The summed E-state index contributed by atoms with van der Waals surface area (Å²) >= 11 is 0. The summed E-state index contributed by atoms with van der Waals surface area (Å²) in [6, 6.07) is 9.99. The molecule has 1 aliphatic rings. The lowest BCUT2D eigenvalue weighted by molar-refractivity contribution is 0.216. The minimum Gasteiger partial charge on any atom is -0.396 e. The van der Waals surface area contributed by atoms with Gasteiger partial charge in [-0.15, -0.1) is 24.0 Å². The molecule has 5 nitrogen and oxygen atoms in total. The molecule has 6 heteroatoms. The number of aliphatic imine (C=N–C) groups is 1. The molecule has 0 bridgehead atoms. The van der Waals surface area contributed by atoms with Crippen molar-refractivity contribution >= 4 is 29.9 Å². The Balaban J connectivity index is 0.00000264. The number of nitrogens with zero attached hydrogens (tertiary/aromatic N) is 1. The first-order chi connectivity index (χ1) is 10.7. The highest BCUT2D eigenvalue weighted by atomic mass is 127. The average molecular weight is 433 g/mol. The van der Waals surface area contributed by atoms with Gasteiger partial charge in [0.25, 0.3) is 0 Å². The summed E-state index contributed by atoms with van der Waals surface area (Å²) in [4.78, 5) is 4.57. The second kappa shape index (κ2) is 10.1. The number of rotatable bonds is 8. The van der Waals surface area contributed by atoms with Gasteiger partial charge in [0.2, 0.25) is 0 Å². The molecular formula is C17H28IN3O2. The molecule has 1 saturated carbocycles. The first-order valence-electron chi connectivity index (χ1n) is 8.02. The number of aliphatic hydroxyl groups is 2. The fraction of sp³-hybridized carbons (Fsp3) is 0.588. The van der Waals surface area contributed by atoms with Crippen LogP contribution in [-0.2, 0) is 0 Å². The van der Waals surface area contributed by atoms with E-state index in [1.54, 1.807) is 0 Å². The van der Waals surface area contributed by atoms with Crippen LogP contribution in [0.5, 0.6) is 0 Å². The first-order valence-corrected chi connectivity index (χ1v) is 8.02.